The number of hydrogen-bond acceptors (Lipinski definition) is 10. The molecule has 3 aromatic heterocycles. The van der Waals surface area contributed by atoms with E-state index in [2.05, 4.69) is 20.4 Å². The minimum Gasteiger partial charge on any atom is -0.485 e. The average molecular weight is 842 g/mol. The number of ether oxygens (including phenoxy) is 2. The fourth-order valence-electron chi connectivity index (χ4n) is 7.59. The Kier molecular flexibility index (Phi) is 11.0. The van der Waals surface area contributed by atoms with Gasteiger partial charge in [-0.3, -0.25) is 14.4 Å². The molecule has 0 bridgehead atoms. The molecule has 0 unspecified atom stereocenters. The van der Waals surface area contributed by atoms with E-state index in [1.807, 2.05) is 61.2 Å². The summed E-state index contributed by atoms with van der Waals surface area (Å²) in [6.07, 6.45) is -3.01. The Hall–Kier alpha value is -6.33. The third kappa shape index (κ3) is 7.89. The highest BCUT2D eigenvalue weighted by Crippen LogP contribution is 2.34. The highest BCUT2D eigenvalue weighted by Gasteiger charge is 2.33. The zero-order valence-corrected chi connectivity index (χ0v) is 33.6. The SMILES string of the molecule is CCc1c(N2CCN(C(=O)c3ncnc(C)c3OCc3ccccc3)CC2)c(=O)n2nc(-c3cc(C)c4c(c3)COC4)nc2n1CC(=O)Nc1ccc(C(F)(F)F)cc1Cl. The van der Waals surface area contributed by atoms with Crippen LogP contribution < -0.4 is 20.5 Å². The monoisotopic (exact) mass is 841 g/mol. The van der Waals surface area contributed by atoms with E-state index in [9.17, 15) is 27.6 Å². The van der Waals surface area contributed by atoms with Gasteiger partial charge in [0.15, 0.2) is 17.3 Å². The van der Waals surface area contributed by atoms with Crippen LogP contribution in [0.4, 0.5) is 24.5 Å². The Balaban J connectivity index is 1.12. The molecular formula is C42H39ClF3N9O5. The molecule has 310 valence electrons. The van der Waals surface area contributed by atoms with Crippen molar-refractivity contribution < 1.29 is 32.2 Å². The number of hydrogen-bond donors (Lipinski definition) is 1. The maximum atomic E-state index is 14.6. The number of piperazine rings is 1. The summed E-state index contributed by atoms with van der Waals surface area (Å²) in [6, 6.07) is 16.0. The summed E-state index contributed by atoms with van der Waals surface area (Å²) >= 11 is 6.19. The first kappa shape index (κ1) is 40.4. The van der Waals surface area contributed by atoms with Gasteiger partial charge in [0.1, 0.15) is 25.2 Å². The van der Waals surface area contributed by atoms with Crippen molar-refractivity contribution in [2.24, 2.45) is 0 Å². The van der Waals surface area contributed by atoms with Crippen molar-refractivity contribution in [3.05, 3.63) is 127 Å². The Morgan fingerprint density at radius 1 is 0.983 bits per heavy atom. The molecule has 3 aromatic carbocycles. The van der Waals surface area contributed by atoms with E-state index in [0.717, 1.165) is 40.5 Å². The molecule has 2 aliphatic rings. The number of amides is 2. The fraction of sp³-hybridized carbons (Fsp3) is 0.310. The standard InChI is InChI=1S/C42H39ClF3N9O5/c1-4-33-36(52-12-14-53(15-13-52)39(57)35-37(25(3)47-23-48-35)60-20-26-8-6-5-7-9-26)40(58)55-41(50-38(51-55)27-16-24(2)30-22-59-21-28(30)17-27)54(33)19-34(56)49-32-11-10-29(18-31(32)43)42(44,45)46/h5-11,16-18,23H,4,12-15,19-22H2,1-3H3,(H,49,56). The molecule has 0 atom stereocenters. The zero-order chi connectivity index (χ0) is 42.3. The number of alkyl halides is 3. The molecule has 0 spiro atoms. The van der Waals surface area contributed by atoms with Crippen molar-refractivity contribution in [3.8, 4) is 17.1 Å². The predicted molar refractivity (Wildman–Crippen MR) is 216 cm³/mol. The van der Waals surface area contributed by atoms with Crippen LogP contribution in [-0.4, -0.2) is 72.0 Å². The van der Waals surface area contributed by atoms with Gasteiger partial charge in [-0.05, 0) is 72.9 Å². The van der Waals surface area contributed by atoms with Crippen molar-refractivity contribution in [1.29, 1.82) is 0 Å². The van der Waals surface area contributed by atoms with E-state index in [0.29, 0.717) is 35.9 Å². The number of anilines is 2. The van der Waals surface area contributed by atoms with E-state index in [-0.39, 0.29) is 85.4 Å². The summed E-state index contributed by atoms with van der Waals surface area (Å²) in [5.41, 5.74) is 4.59. The van der Waals surface area contributed by atoms with Crippen LogP contribution in [0, 0.1) is 13.8 Å². The number of carbonyl (C=O) groups excluding carboxylic acids is 2. The number of nitrogens with one attached hydrogen (secondary N) is 1. The van der Waals surface area contributed by atoms with Crippen LogP contribution in [0.25, 0.3) is 17.2 Å². The Morgan fingerprint density at radius 3 is 2.47 bits per heavy atom. The van der Waals surface area contributed by atoms with Crippen LogP contribution in [0.3, 0.4) is 0 Å². The molecule has 1 N–H and O–H groups in total. The van der Waals surface area contributed by atoms with Crippen LogP contribution >= 0.6 is 11.6 Å². The molecule has 14 nitrogen and oxygen atoms in total. The van der Waals surface area contributed by atoms with Gasteiger partial charge in [0.2, 0.25) is 11.7 Å². The quantitative estimate of drug-likeness (QED) is 0.164. The number of aromatic nitrogens is 6. The number of halogens is 4. The first-order valence-electron chi connectivity index (χ1n) is 19.2. The molecule has 0 saturated carbocycles. The average Bonchev–Trinajstić information content (AvgIpc) is 3.91. The minimum atomic E-state index is -4.62. The lowest BCUT2D eigenvalue weighted by Gasteiger charge is -2.36. The van der Waals surface area contributed by atoms with Crippen molar-refractivity contribution in [3.63, 3.8) is 0 Å². The lowest BCUT2D eigenvalue weighted by atomic mass is 10.0. The second-order valence-corrected chi connectivity index (χ2v) is 14.9. The maximum Gasteiger partial charge on any atom is 0.416 e. The van der Waals surface area contributed by atoms with Gasteiger partial charge in [-0.15, -0.1) is 5.10 Å². The number of carbonyl (C=O) groups is 2. The minimum absolute atomic E-state index is 0.0173. The van der Waals surface area contributed by atoms with Gasteiger partial charge in [0.25, 0.3) is 11.5 Å². The molecule has 1 fully saturated rings. The van der Waals surface area contributed by atoms with Crippen LogP contribution in [0.2, 0.25) is 5.02 Å². The van der Waals surface area contributed by atoms with Gasteiger partial charge in [-0.2, -0.15) is 22.7 Å². The summed E-state index contributed by atoms with van der Waals surface area (Å²) in [5, 5.41) is 6.99. The molecule has 6 aromatic rings. The topological polar surface area (TPSA) is 149 Å². The smallest absolute Gasteiger partial charge is 0.416 e. The molecule has 1 saturated heterocycles. The number of fused-ring (bicyclic) bond motifs is 2. The lowest BCUT2D eigenvalue weighted by molar-refractivity contribution is -0.137. The van der Waals surface area contributed by atoms with Gasteiger partial charge < -0.3 is 29.2 Å². The molecule has 0 radical (unpaired) electrons. The van der Waals surface area contributed by atoms with Crippen molar-refractivity contribution in [2.45, 2.75) is 59.7 Å². The number of nitrogens with zero attached hydrogens (tertiary/aromatic N) is 8. The third-order valence-corrected chi connectivity index (χ3v) is 11.0. The van der Waals surface area contributed by atoms with Gasteiger partial charge in [-0.25, -0.2) is 9.97 Å². The molecule has 60 heavy (non-hydrogen) atoms. The zero-order valence-electron chi connectivity index (χ0n) is 32.8. The van der Waals surface area contributed by atoms with E-state index in [4.69, 9.17) is 26.1 Å². The van der Waals surface area contributed by atoms with Crippen molar-refractivity contribution in [1.82, 2.24) is 34.0 Å². The van der Waals surface area contributed by atoms with Crippen LogP contribution in [0.1, 0.15) is 56.6 Å². The summed E-state index contributed by atoms with van der Waals surface area (Å²) < 4.78 is 54.5. The summed E-state index contributed by atoms with van der Waals surface area (Å²) in [7, 11) is 0. The largest absolute Gasteiger partial charge is 0.485 e. The van der Waals surface area contributed by atoms with Crippen LogP contribution in [0.5, 0.6) is 5.75 Å². The highest BCUT2D eigenvalue weighted by molar-refractivity contribution is 6.33. The lowest BCUT2D eigenvalue weighted by Crippen LogP contribution is -2.51. The Morgan fingerprint density at radius 2 is 1.75 bits per heavy atom. The number of benzene rings is 3. The Labute approximate surface area is 346 Å². The Bertz CT molecular complexity index is 2700. The summed E-state index contributed by atoms with van der Waals surface area (Å²) in [6.45, 7) is 7.27. The molecule has 2 amide bonds. The molecular weight excluding hydrogens is 803 g/mol. The first-order valence-corrected chi connectivity index (χ1v) is 19.6. The molecule has 18 heteroatoms. The highest BCUT2D eigenvalue weighted by atomic mass is 35.5. The molecule has 8 rings (SSSR count). The summed E-state index contributed by atoms with van der Waals surface area (Å²) in [4.78, 5) is 59.1. The predicted octanol–water partition coefficient (Wildman–Crippen LogP) is 6.41. The fourth-order valence-corrected chi connectivity index (χ4v) is 7.82. The van der Waals surface area contributed by atoms with Crippen LogP contribution in [-0.2, 0) is 48.5 Å². The first-order chi connectivity index (χ1) is 28.8. The van der Waals surface area contributed by atoms with Gasteiger partial charge in [-0.1, -0.05) is 48.9 Å². The molecule has 2 aliphatic heterocycles. The van der Waals surface area contributed by atoms with Gasteiger partial charge >= 0.3 is 6.18 Å². The number of rotatable bonds is 10. The summed E-state index contributed by atoms with van der Waals surface area (Å²) in [5.74, 6) is -0.334. The normalized spacial score (nSPS) is 14.1. The second-order valence-electron chi connectivity index (χ2n) is 14.5. The second kappa shape index (κ2) is 16.4. The van der Waals surface area contributed by atoms with Crippen molar-refractivity contribution in [2.75, 3.05) is 36.4 Å². The molecule has 0 aliphatic carbocycles. The van der Waals surface area contributed by atoms with Gasteiger partial charge in [0.05, 0.1) is 40.9 Å². The molecule has 5 heterocycles. The van der Waals surface area contributed by atoms with E-state index >= 15 is 0 Å². The van der Waals surface area contributed by atoms with E-state index in [1.165, 1.54) is 10.8 Å². The number of aryl methyl sites for hydroxylation is 2. The maximum absolute atomic E-state index is 14.6. The van der Waals surface area contributed by atoms with E-state index in [1.54, 1.807) is 16.4 Å². The van der Waals surface area contributed by atoms with Crippen LogP contribution in [0.15, 0.2) is 71.8 Å². The third-order valence-electron chi connectivity index (χ3n) is 10.7. The van der Waals surface area contributed by atoms with Gasteiger partial charge in [0, 0.05) is 31.7 Å². The van der Waals surface area contributed by atoms with E-state index < -0.39 is 23.2 Å². The van der Waals surface area contributed by atoms with Crippen molar-refractivity contribution >= 4 is 40.6 Å².